The molecule has 1 aromatic carbocycles. The van der Waals surface area contributed by atoms with Gasteiger partial charge in [-0.2, -0.15) is 0 Å². The third-order valence-electron chi connectivity index (χ3n) is 2.29. The van der Waals surface area contributed by atoms with Gasteiger partial charge < -0.3 is 5.11 Å². The van der Waals surface area contributed by atoms with Crippen LogP contribution >= 0.6 is 0 Å². The lowest BCUT2D eigenvalue weighted by Crippen LogP contribution is -2.02. The van der Waals surface area contributed by atoms with Gasteiger partial charge in [0.15, 0.2) is 5.82 Å². The number of carbonyl (C=O) groups is 1. The van der Waals surface area contributed by atoms with E-state index in [1.807, 2.05) is 13.0 Å². The van der Waals surface area contributed by atoms with E-state index >= 15 is 0 Å². The van der Waals surface area contributed by atoms with Crippen molar-refractivity contribution in [2.24, 2.45) is 0 Å². The van der Waals surface area contributed by atoms with Crippen LogP contribution in [0.2, 0.25) is 0 Å². The smallest absolute Gasteiger partial charge is 0.336 e. The molecule has 0 spiro atoms. The SMILES string of the molecule is Cc1cccc(C(=O)O)c1-c1ncccn1. The summed E-state index contributed by atoms with van der Waals surface area (Å²) >= 11 is 0. The topological polar surface area (TPSA) is 63.1 Å². The number of hydrogen-bond donors (Lipinski definition) is 1. The molecule has 1 heterocycles. The number of rotatable bonds is 2. The maximum atomic E-state index is 11.1. The van der Waals surface area contributed by atoms with E-state index in [-0.39, 0.29) is 5.56 Å². The molecule has 0 aliphatic heterocycles. The largest absolute Gasteiger partial charge is 0.478 e. The van der Waals surface area contributed by atoms with Gasteiger partial charge in [0.25, 0.3) is 0 Å². The quantitative estimate of drug-likeness (QED) is 0.831. The lowest BCUT2D eigenvalue weighted by molar-refractivity contribution is 0.0697. The Hall–Kier alpha value is -2.23. The van der Waals surface area contributed by atoms with Gasteiger partial charge in [0, 0.05) is 18.0 Å². The first kappa shape index (κ1) is 10.3. The van der Waals surface area contributed by atoms with Crippen molar-refractivity contribution in [1.82, 2.24) is 9.97 Å². The molecule has 2 rings (SSSR count). The average molecular weight is 214 g/mol. The third kappa shape index (κ3) is 1.77. The van der Waals surface area contributed by atoms with Crippen LogP contribution in [0.25, 0.3) is 11.4 Å². The summed E-state index contributed by atoms with van der Waals surface area (Å²) in [4.78, 5) is 19.2. The van der Waals surface area contributed by atoms with Crippen LogP contribution in [0.4, 0.5) is 0 Å². The van der Waals surface area contributed by atoms with Crippen molar-refractivity contribution >= 4 is 5.97 Å². The molecular formula is C12H10N2O2. The Morgan fingerprint density at radius 2 is 1.88 bits per heavy atom. The van der Waals surface area contributed by atoms with E-state index in [0.717, 1.165) is 5.56 Å². The first-order valence-electron chi connectivity index (χ1n) is 4.80. The second-order valence-electron chi connectivity index (χ2n) is 3.38. The molecule has 80 valence electrons. The van der Waals surface area contributed by atoms with E-state index < -0.39 is 5.97 Å². The van der Waals surface area contributed by atoms with Crippen molar-refractivity contribution < 1.29 is 9.90 Å². The van der Waals surface area contributed by atoms with Crippen LogP contribution in [0.1, 0.15) is 15.9 Å². The van der Waals surface area contributed by atoms with E-state index in [9.17, 15) is 4.79 Å². The molecule has 0 fully saturated rings. The number of aryl methyl sites for hydroxylation is 1. The van der Waals surface area contributed by atoms with Crippen LogP contribution in [0, 0.1) is 6.92 Å². The molecule has 1 aromatic heterocycles. The fraction of sp³-hybridized carbons (Fsp3) is 0.0833. The van der Waals surface area contributed by atoms with Gasteiger partial charge in [-0.25, -0.2) is 14.8 Å². The second-order valence-corrected chi connectivity index (χ2v) is 3.38. The van der Waals surface area contributed by atoms with Gasteiger partial charge in [0.2, 0.25) is 0 Å². The molecule has 0 saturated heterocycles. The zero-order valence-electron chi connectivity index (χ0n) is 8.71. The predicted molar refractivity (Wildman–Crippen MR) is 59.2 cm³/mol. The summed E-state index contributed by atoms with van der Waals surface area (Å²) in [5, 5.41) is 9.10. The first-order valence-corrected chi connectivity index (χ1v) is 4.80. The molecule has 1 N–H and O–H groups in total. The Labute approximate surface area is 92.6 Å². The van der Waals surface area contributed by atoms with Gasteiger partial charge >= 0.3 is 5.97 Å². The fourth-order valence-corrected chi connectivity index (χ4v) is 1.57. The van der Waals surface area contributed by atoms with Crippen molar-refractivity contribution in [2.45, 2.75) is 6.92 Å². The van der Waals surface area contributed by atoms with Gasteiger partial charge in [0.05, 0.1) is 5.56 Å². The second kappa shape index (κ2) is 4.10. The normalized spacial score (nSPS) is 10.1. The summed E-state index contributed by atoms with van der Waals surface area (Å²) in [5.74, 6) is -0.524. The fourth-order valence-electron chi connectivity index (χ4n) is 1.57. The molecule has 0 bridgehead atoms. The Morgan fingerprint density at radius 1 is 1.19 bits per heavy atom. The number of nitrogens with zero attached hydrogens (tertiary/aromatic N) is 2. The summed E-state index contributed by atoms with van der Waals surface area (Å²) in [7, 11) is 0. The zero-order chi connectivity index (χ0) is 11.5. The number of carboxylic acid groups (broad SMARTS) is 1. The van der Waals surface area contributed by atoms with Crippen molar-refractivity contribution in [3.05, 3.63) is 47.8 Å². The van der Waals surface area contributed by atoms with E-state index in [0.29, 0.717) is 11.4 Å². The third-order valence-corrected chi connectivity index (χ3v) is 2.29. The Bertz CT molecular complexity index is 524. The molecular weight excluding hydrogens is 204 g/mol. The van der Waals surface area contributed by atoms with E-state index in [2.05, 4.69) is 9.97 Å². The van der Waals surface area contributed by atoms with Crippen LogP contribution in [0.5, 0.6) is 0 Å². The van der Waals surface area contributed by atoms with E-state index in [1.54, 1.807) is 30.6 Å². The van der Waals surface area contributed by atoms with Gasteiger partial charge in [-0.05, 0) is 24.6 Å². The molecule has 0 radical (unpaired) electrons. The number of aromatic nitrogens is 2. The zero-order valence-corrected chi connectivity index (χ0v) is 8.71. The minimum Gasteiger partial charge on any atom is -0.478 e. The highest BCUT2D eigenvalue weighted by molar-refractivity contribution is 5.95. The molecule has 0 unspecified atom stereocenters. The molecule has 0 aliphatic carbocycles. The highest BCUT2D eigenvalue weighted by Gasteiger charge is 2.15. The van der Waals surface area contributed by atoms with Crippen molar-refractivity contribution in [2.75, 3.05) is 0 Å². The van der Waals surface area contributed by atoms with Crippen LogP contribution in [-0.2, 0) is 0 Å². The Balaban J connectivity index is 2.68. The molecule has 2 aromatic rings. The summed E-state index contributed by atoms with van der Waals surface area (Å²) in [6, 6.07) is 6.81. The number of aromatic carboxylic acids is 1. The maximum Gasteiger partial charge on any atom is 0.336 e. The van der Waals surface area contributed by atoms with Crippen LogP contribution in [0.15, 0.2) is 36.7 Å². The number of hydrogen-bond acceptors (Lipinski definition) is 3. The molecule has 0 amide bonds. The molecule has 16 heavy (non-hydrogen) atoms. The van der Waals surface area contributed by atoms with Crippen molar-refractivity contribution in [3.63, 3.8) is 0 Å². The van der Waals surface area contributed by atoms with Gasteiger partial charge in [-0.3, -0.25) is 0 Å². The maximum absolute atomic E-state index is 11.1. The minimum absolute atomic E-state index is 0.228. The van der Waals surface area contributed by atoms with E-state index in [1.165, 1.54) is 0 Å². The molecule has 4 nitrogen and oxygen atoms in total. The highest BCUT2D eigenvalue weighted by atomic mass is 16.4. The van der Waals surface area contributed by atoms with Crippen LogP contribution < -0.4 is 0 Å². The summed E-state index contributed by atoms with van der Waals surface area (Å²) in [6.45, 7) is 1.85. The molecule has 0 saturated carbocycles. The highest BCUT2D eigenvalue weighted by Crippen LogP contribution is 2.23. The van der Waals surface area contributed by atoms with Crippen LogP contribution in [-0.4, -0.2) is 21.0 Å². The summed E-state index contributed by atoms with van der Waals surface area (Å²) in [5.41, 5.74) is 1.66. The first-order chi connectivity index (χ1) is 7.70. The standard InChI is InChI=1S/C12H10N2O2/c1-8-4-2-5-9(12(15)16)10(8)11-13-6-3-7-14-11/h2-7H,1H3,(H,15,16). The number of carboxylic acids is 1. The van der Waals surface area contributed by atoms with Crippen molar-refractivity contribution in [3.8, 4) is 11.4 Å². The molecule has 4 heteroatoms. The monoisotopic (exact) mass is 214 g/mol. The molecule has 0 aliphatic rings. The van der Waals surface area contributed by atoms with Gasteiger partial charge in [0.1, 0.15) is 0 Å². The van der Waals surface area contributed by atoms with E-state index in [4.69, 9.17) is 5.11 Å². The lowest BCUT2D eigenvalue weighted by Gasteiger charge is -2.07. The lowest BCUT2D eigenvalue weighted by atomic mass is 10.0. The molecule has 0 atom stereocenters. The Kier molecular flexibility index (Phi) is 2.64. The Morgan fingerprint density at radius 3 is 2.50 bits per heavy atom. The average Bonchev–Trinajstić information content (AvgIpc) is 2.29. The summed E-state index contributed by atoms with van der Waals surface area (Å²) < 4.78 is 0. The predicted octanol–water partition coefficient (Wildman–Crippen LogP) is 2.15. The summed E-state index contributed by atoms with van der Waals surface area (Å²) in [6.07, 6.45) is 3.20. The number of benzene rings is 1. The van der Waals surface area contributed by atoms with Crippen molar-refractivity contribution in [1.29, 1.82) is 0 Å². The van der Waals surface area contributed by atoms with Gasteiger partial charge in [-0.1, -0.05) is 12.1 Å². The van der Waals surface area contributed by atoms with Gasteiger partial charge in [-0.15, -0.1) is 0 Å². The minimum atomic E-state index is -0.967. The van der Waals surface area contributed by atoms with Crippen LogP contribution in [0.3, 0.4) is 0 Å².